The number of benzene rings is 3. The first-order chi connectivity index (χ1) is 10.3. The van der Waals surface area contributed by atoms with E-state index < -0.39 is 0 Å². The van der Waals surface area contributed by atoms with Crippen molar-refractivity contribution in [3.8, 4) is 0 Å². The van der Waals surface area contributed by atoms with Crippen LogP contribution in [-0.2, 0) is 0 Å². The summed E-state index contributed by atoms with van der Waals surface area (Å²) < 4.78 is 0. The van der Waals surface area contributed by atoms with Gasteiger partial charge in [0.15, 0.2) is 5.78 Å². The van der Waals surface area contributed by atoms with Gasteiger partial charge in [-0.2, -0.15) is 0 Å². The van der Waals surface area contributed by atoms with E-state index in [9.17, 15) is 4.79 Å². The fourth-order valence-electron chi connectivity index (χ4n) is 2.49. The Morgan fingerprint density at radius 2 is 1.62 bits per heavy atom. The van der Waals surface area contributed by atoms with E-state index in [1.54, 1.807) is 11.8 Å². The number of Topliss-reactive ketones (excluding diaryl/α,β-unsaturated/α-hetero) is 1. The lowest BCUT2D eigenvalue weighted by molar-refractivity contribution is 0.102. The van der Waals surface area contributed by atoms with Gasteiger partial charge in [0.25, 0.3) is 0 Å². The smallest absolute Gasteiger partial charge is 0.173 e. The number of carbonyl (C=O) groups is 1. The second-order valence-corrected chi connectivity index (χ2v) is 6.05. The van der Waals surface area contributed by atoms with Gasteiger partial charge < -0.3 is 0 Å². The predicted octanol–water partition coefficient (Wildman–Crippen LogP) is 5.12. The highest BCUT2D eigenvalue weighted by molar-refractivity contribution is 8.00. The summed E-state index contributed by atoms with van der Waals surface area (Å²) in [4.78, 5) is 13.8. The molecular formula is C19H16OS. The van der Waals surface area contributed by atoms with E-state index in [1.165, 1.54) is 0 Å². The van der Waals surface area contributed by atoms with Gasteiger partial charge in [0.2, 0.25) is 0 Å². The zero-order valence-electron chi connectivity index (χ0n) is 11.9. The lowest BCUT2D eigenvalue weighted by Gasteiger charge is -2.09. The van der Waals surface area contributed by atoms with Crippen LogP contribution in [-0.4, -0.2) is 11.5 Å². The van der Waals surface area contributed by atoms with E-state index in [-0.39, 0.29) is 5.78 Å². The molecule has 0 fully saturated rings. The first-order valence-corrected chi connectivity index (χ1v) is 7.93. The van der Waals surface area contributed by atoms with Gasteiger partial charge in [-0.1, -0.05) is 54.6 Å². The first-order valence-electron chi connectivity index (χ1n) is 6.95. The molecule has 3 aromatic carbocycles. The molecule has 0 atom stereocenters. The number of hydrogen-bond donors (Lipinski definition) is 0. The lowest BCUT2D eigenvalue weighted by Crippen LogP contribution is -2.05. The molecule has 0 spiro atoms. The molecule has 0 heterocycles. The Hall–Kier alpha value is -2.06. The van der Waals surface area contributed by atoms with E-state index in [0.717, 1.165) is 26.8 Å². The van der Waals surface area contributed by atoms with Gasteiger partial charge >= 0.3 is 0 Å². The Morgan fingerprint density at radius 1 is 0.905 bits per heavy atom. The molecular weight excluding hydrogens is 276 g/mol. The molecule has 0 aliphatic rings. The minimum atomic E-state index is 0.193. The quantitative estimate of drug-likeness (QED) is 0.490. The number of rotatable bonds is 4. The van der Waals surface area contributed by atoms with Crippen LogP contribution in [0.2, 0.25) is 0 Å². The number of aryl methyl sites for hydroxylation is 1. The molecule has 0 saturated carbocycles. The Balaban J connectivity index is 1.89. The lowest BCUT2D eigenvalue weighted by atomic mass is 9.97. The zero-order chi connectivity index (χ0) is 14.7. The van der Waals surface area contributed by atoms with Gasteiger partial charge in [-0.05, 0) is 35.4 Å². The molecule has 2 heteroatoms. The molecule has 21 heavy (non-hydrogen) atoms. The number of fused-ring (bicyclic) bond motifs is 1. The van der Waals surface area contributed by atoms with Crippen molar-refractivity contribution in [1.82, 2.24) is 0 Å². The van der Waals surface area contributed by atoms with Crippen LogP contribution in [0.25, 0.3) is 10.8 Å². The molecule has 0 N–H and O–H groups in total. The highest BCUT2D eigenvalue weighted by Crippen LogP contribution is 2.25. The van der Waals surface area contributed by atoms with Gasteiger partial charge in [0.05, 0.1) is 5.75 Å². The second-order valence-electron chi connectivity index (χ2n) is 5.00. The minimum absolute atomic E-state index is 0.193. The summed E-state index contributed by atoms with van der Waals surface area (Å²) in [5, 5.41) is 2.17. The maximum atomic E-state index is 12.6. The van der Waals surface area contributed by atoms with E-state index in [1.807, 2.05) is 61.5 Å². The number of thioether (sulfide) groups is 1. The van der Waals surface area contributed by atoms with Crippen molar-refractivity contribution in [1.29, 1.82) is 0 Å². The molecule has 3 rings (SSSR count). The normalized spacial score (nSPS) is 10.7. The molecule has 0 aliphatic carbocycles. The molecule has 0 aromatic heterocycles. The van der Waals surface area contributed by atoms with Gasteiger partial charge in [-0.3, -0.25) is 4.79 Å². The molecule has 0 unspecified atom stereocenters. The molecule has 0 aliphatic heterocycles. The maximum absolute atomic E-state index is 12.6. The maximum Gasteiger partial charge on any atom is 0.173 e. The Morgan fingerprint density at radius 3 is 2.43 bits per heavy atom. The average Bonchev–Trinajstić information content (AvgIpc) is 2.53. The van der Waals surface area contributed by atoms with Crippen molar-refractivity contribution >= 4 is 28.3 Å². The fraction of sp³-hybridized carbons (Fsp3) is 0.105. The third-order valence-electron chi connectivity index (χ3n) is 3.53. The predicted molar refractivity (Wildman–Crippen MR) is 90.2 cm³/mol. The van der Waals surface area contributed by atoms with Gasteiger partial charge in [-0.25, -0.2) is 0 Å². The summed E-state index contributed by atoms with van der Waals surface area (Å²) >= 11 is 1.59. The van der Waals surface area contributed by atoms with Crippen LogP contribution in [0.1, 0.15) is 15.9 Å². The van der Waals surface area contributed by atoms with Crippen LogP contribution in [0, 0.1) is 6.92 Å². The molecule has 0 saturated heterocycles. The zero-order valence-corrected chi connectivity index (χ0v) is 12.7. The summed E-state index contributed by atoms with van der Waals surface area (Å²) in [5.74, 6) is 0.664. The number of hydrogen-bond acceptors (Lipinski definition) is 2. The van der Waals surface area contributed by atoms with Gasteiger partial charge in [0.1, 0.15) is 0 Å². The van der Waals surface area contributed by atoms with E-state index in [2.05, 4.69) is 12.1 Å². The van der Waals surface area contributed by atoms with E-state index in [0.29, 0.717) is 5.75 Å². The van der Waals surface area contributed by atoms with Crippen LogP contribution < -0.4 is 0 Å². The van der Waals surface area contributed by atoms with Gasteiger partial charge in [0, 0.05) is 10.5 Å². The van der Waals surface area contributed by atoms with E-state index in [4.69, 9.17) is 0 Å². The summed E-state index contributed by atoms with van der Waals surface area (Å²) in [6.45, 7) is 2.01. The van der Waals surface area contributed by atoms with Crippen LogP contribution >= 0.6 is 11.8 Å². The van der Waals surface area contributed by atoms with Crippen molar-refractivity contribution in [2.45, 2.75) is 11.8 Å². The first kappa shape index (κ1) is 13.9. The SMILES string of the molecule is Cc1ccc2ccccc2c1C(=O)CSc1ccccc1. The van der Waals surface area contributed by atoms with Crippen molar-refractivity contribution in [2.24, 2.45) is 0 Å². The standard InChI is InChI=1S/C19H16OS/c1-14-11-12-15-7-5-6-10-17(15)19(14)18(20)13-21-16-8-3-2-4-9-16/h2-12H,13H2,1H3. The molecule has 0 radical (unpaired) electrons. The van der Waals surface area contributed by atoms with Crippen molar-refractivity contribution in [3.05, 3.63) is 77.9 Å². The Kier molecular flexibility index (Phi) is 4.07. The van der Waals surface area contributed by atoms with Crippen molar-refractivity contribution in [3.63, 3.8) is 0 Å². The topological polar surface area (TPSA) is 17.1 Å². The van der Waals surface area contributed by atoms with Crippen molar-refractivity contribution in [2.75, 3.05) is 5.75 Å². The van der Waals surface area contributed by atoms with E-state index >= 15 is 0 Å². The summed E-state index contributed by atoms with van der Waals surface area (Å²) in [6.07, 6.45) is 0. The average molecular weight is 292 g/mol. The molecule has 0 amide bonds. The summed E-state index contributed by atoms with van der Waals surface area (Å²) in [7, 11) is 0. The third-order valence-corrected chi connectivity index (χ3v) is 4.54. The monoisotopic (exact) mass is 292 g/mol. The molecule has 1 nitrogen and oxygen atoms in total. The molecule has 104 valence electrons. The van der Waals surface area contributed by atoms with Crippen LogP contribution in [0.4, 0.5) is 0 Å². The van der Waals surface area contributed by atoms with Crippen LogP contribution in [0.3, 0.4) is 0 Å². The van der Waals surface area contributed by atoms with Crippen LogP contribution in [0.5, 0.6) is 0 Å². The molecule has 3 aromatic rings. The third kappa shape index (κ3) is 3.01. The second kappa shape index (κ2) is 6.15. The number of ketones is 1. The highest BCUT2D eigenvalue weighted by Gasteiger charge is 2.13. The van der Waals surface area contributed by atoms with Gasteiger partial charge in [-0.15, -0.1) is 11.8 Å². The molecule has 0 bridgehead atoms. The number of carbonyl (C=O) groups excluding carboxylic acids is 1. The fourth-order valence-corrected chi connectivity index (χ4v) is 3.28. The summed E-state index contributed by atoms with van der Waals surface area (Å²) in [6, 6.07) is 22.2. The van der Waals surface area contributed by atoms with Crippen molar-refractivity contribution < 1.29 is 4.79 Å². The van der Waals surface area contributed by atoms with Crippen LogP contribution in [0.15, 0.2) is 71.6 Å². The minimum Gasteiger partial charge on any atom is -0.293 e. The largest absolute Gasteiger partial charge is 0.293 e. The Bertz CT molecular complexity index is 778. The summed E-state index contributed by atoms with van der Waals surface area (Å²) in [5.41, 5.74) is 1.91. The highest BCUT2D eigenvalue weighted by atomic mass is 32.2. The Labute approximate surface area is 129 Å².